The molecule has 1 N–H and O–H groups in total. The van der Waals surface area contributed by atoms with Gasteiger partial charge in [0.15, 0.2) is 0 Å². The predicted octanol–water partition coefficient (Wildman–Crippen LogP) is 3.68. The number of fused-ring (bicyclic) bond motifs is 1. The Balaban J connectivity index is 1.52. The number of amides is 2. The Morgan fingerprint density at radius 1 is 1.00 bits per heavy atom. The van der Waals surface area contributed by atoms with Crippen LogP contribution in [0, 0.1) is 6.92 Å². The van der Waals surface area contributed by atoms with Gasteiger partial charge in [0.25, 0.3) is 5.91 Å². The summed E-state index contributed by atoms with van der Waals surface area (Å²) in [7, 11) is 0. The molecule has 0 bridgehead atoms. The molecule has 0 spiro atoms. The van der Waals surface area contributed by atoms with Crippen LogP contribution in [0.3, 0.4) is 0 Å². The van der Waals surface area contributed by atoms with Gasteiger partial charge in [-0.15, -0.1) is 0 Å². The van der Waals surface area contributed by atoms with Crippen molar-refractivity contribution in [1.29, 1.82) is 0 Å². The van der Waals surface area contributed by atoms with E-state index in [2.05, 4.69) is 5.32 Å². The maximum atomic E-state index is 12.8. The molecule has 1 aliphatic rings. The van der Waals surface area contributed by atoms with Crippen molar-refractivity contribution < 1.29 is 9.59 Å². The maximum absolute atomic E-state index is 12.8. The quantitative estimate of drug-likeness (QED) is 0.788. The van der Waals surface area contributed by atoms with Crippen molar-refractivity contribution in [2.45, 2.75) is 19.4 Å². The van der Waals surface area contributed by atoms with E-state index in [0.717, 1.165) is 22.0 Å². The largest absolute Gasteiger partial charge is 0.347 e. The van der Waals surface area contributed by atoms with E-state index in [0.29, 0.717) is 18.5 Å². The van der Waals surface area contributed by atoms with Crippen molar-refractivity contribution in [2.75, 3.05) is 11.4 Å². The van der Waals surface area contributed by atoms with Crippen LogP contribution in [0.2, 0.25) is 0 Å². The Bertz CT molecular complexity index is 974. The van der Waals surface area contributed by atoms with Gasteiger partial charge in [-0.25, -0.2) is 0 Å². The molecule has 1 aliphatic heterocycles. The summed E-state index contributed by atoms with van der Waals surface area (Å²) in [5, 5.41) is 4.98. The Labute approximate surface area is 152 Å². The van der Waals surface area contributed by atoms with E-state index in [-0.39, 0.29) is 17.9 Å². The van der Waals surface area contributed by atoms with Gasteiger partial charge in [0, 0.05) is 24.2 Å². The van der Waals surface area contributed by atoms with Crippen molar-refractivity contribution in [3.8, 4) is 0 Å². The highest BCUT2D eigenvalue weighted by atomic mass is 16.2. The summed E-state index contributed by atoms with van der Waals surface area (Å²) in [4.78, 5) is 26.9. The molecule has 1 atom stereocenters. The average molecular weight is 344 g/mol. The van der Waals surface area contributed by atoms with E-state index in [1.807, 2.05) is 73.7 Å². The van der Waals surface area contributed by atoms with Gasteiger partial charge in [0.2, 0.25) is 5.91 Å². The predicted molar refractivity (Wildman–Crippen MR) is 103 cm³/mol. The lowest BCUT2D eigenvalue weighted by Crippen LogP contribution is -2.37. The van der Waals surface area contributed by atoms with Crippen LogP contribution < -0.4 is 10.2 Å². The molecule has 3 aromatic carbocycles. The Kier molecular flexibility index (Phi) is 4.17. The van der Waals surface area contributed by atoms with Gasteiger partial charge in [-0.1, -0.05) is 54.1 Å². The molecule has 0 aliphatic carbocycles. The van der Waals surface area contributed by atoms with Crippen LogP contribution in [-0.2, 0) is 4.79 Å². The highest BCUT2D eigenvalue weighted by molar-refractivity contribution is 6.07. The molecule has 1 saturated heterocycles. The lowest BCUT2D eigenvalue weighted by Gasteiger charge is -2.17. The van der Waals surface area contributed by atoms with Gasteiger partial charge in [0.05, 0.1) is 6.04 Å². The number of anilines is 1. The number of rotatable bonds is 3. The molecule has 1 heterocycles. The van der Waals surface area contributed by atoms with Gasteiger partial charge in [-0.05, 0) is 35.9 Å². The summed E-state index contributed by atoms with van der Waals surface area (Å²) < 4.78 is 0. The average Bonchev–Trinajstić information content (AvgIpc) is 3.02. The molecule has 0 saturated carbocycles. The number of carbonyl (C=O) groups excluding carboxylic acids is 2. The maximum Gasteiger partial charge on any atom is 0.252 e. The first kappa shape index (κ1) is 16.3. The Morgan fingerprint density at radius 2 is 1.73 bits per heavy atom. The lowest BCUT2D eigenvalue weighted by atomic mass is 10.0. The monoisotopic (exact) mass is 344 g/mol. The molecule has 0 unspecified atom stereocenters. The minimum atomic E-state index is -0.185. The second-order valence-corrected chi connectivity index (χ2v) is 6.74. The third-order valence-corrected chi connectivity index (χ3v) is 4.84. The zero-order valence-electron chi connectivity index (χ0n) is 14.6. The highest BCUT2D eigenvalue weighted by Crippen LogP contribution is 2.23. The van der Waals surface area contributed by atoms with Gasteiger partial charge >= 0.3 is 0 Å². The molecule has 1 fully saturated rings. The minimum Gasteiger partial charge on any atom is -0.347 e. The van der Waals surface area contributed by atoms with Gasteiger partial charge in [-0.3, -0.25) is 9.59 Å². The Hall–Kier alpha value is -3.14. The van der Waals surface area contributed by atoms with Crippen LogP contribution in [0.25, 0.3) is 10.8 Å². The standard InChI is InChI=1S/C22H20N2O2/c1-15-9-11-18(12-10-15)24-14-17(13-21(24)25)23-22(26)20-8-4-6-16-5-2-3-7-19(16)20/h2-12,17H,13-14H2,1H3,(H,23,26)/t17-/m0/s1. The molecule has 130 valence electrons. The highest BCUT2D eigenvalue weighted by Gasteiger charge is 2.31. The number of hydrogen-bond acceptors (Lipinski definition) is 2. The Morgan fingerprint density at radius 3 is 2.54 bits per heavy atom. The molecule has 4 heteroatoms. The normalized spacial score (nSPS) is 16.9. The molecule has 26 heavy (non-hydrogen) atoms. The second kappa shape index (κ2) is 6.64. The van der Waals surface area contributed by atoms with Gasteiger partial charge in [0.1, 0.15) is 0 Å². The number of aryl methyl sites for hydroxylation is 1. The lowest BCUT2D eigenvalue weighted by molar-refractivity contribution is -0.117. The number of nitrogens with one attached hydrogen (secondary N) is 1. The zero-order chi connectivity index (χ0) is 18.1. The van der Waals surface area contributed by atoms with E-state index in [9.17, 15) is 9.59 Å². The van der Waals surface area contributed by atoms with E-state index < -0.39 is 0 Å². The van der Waals surface area contributed by atoms with Crippen LogP contribution in [0.5, 0.6) is 0 Å². The first-order valence-electron chi connectivity index (χ1n) is 8.77. The van der Waals surface area contributed by atoms with Crippen molar-refractivity contribution in [1.82, 2.24) is 5.32 Å². The summed E-state index contributed by atoms with van der Waals surface area (Å²) in [5.41, 5.74) is 2.67. The minimum absolute atomic E-state index is 0.0390. The second-order valence-electron chi connectivity index (χ2n) is 6.74. The topological polar surface area (TPSA) is 49.4 Å². The smallest absolute Gasteiger partial charge is 0.252 e. The van der Waals surface area contributed by atoms with Crippen LogP contribution in [0.15, 0.2) is 66.7 Å². The summed E-state index contributed by atoms with van der Waals surface area (Å²) in [6.07, 6.45) is 0.324. The molecule has 0 aromatic heterocycles. The third-order valence-electron chi connectivity index (χ3n) is 4.84. The van der Waals surface area contributed by atoms with E-state index >= 15 is 0 Å². The summed E-state index contributed by atoms with van der Waals surface area (Å²) in [6.45, 7) is 2.52. The first-order valence-corrected chi connectivity index (χ1v) is 8.77. The van der Waals surface area contributed by atoms with Crippen molar-refractivity contribution >= 4 is 28.3 Å². The number of hydrogen-bond donors (Lipinski definition) is 1. The molecule has 2 amide bonds. The SMILES string of the molecule is Cc1ccc(N2C[C@@H](NC(=O)c3cccc4ccccc34)CC2=O)cc1. The van der Waals surface area contributed by atoms with Crippen LogP contribution in [0.4, 0.5) is 5.69 Å². The molecular weight excluding hydrogens is 324 g/mol. The van der Waals surface area contributed by atoms with E-state index in [4.69, 9.17) is 0 Å². The molecule has 4 nitrogen and oxygen atoms in total. The fourth-order valence-corrected chi connectivity index (χ4v) is 3.47. The van der Waals surface area contributed by atoms with Crippen LogP contribution >= 0.6 is 0 Å². The number of carbonyl (C=O) groups is 2. The van der Waals surface area contributed by atoms with Crippen LogP contribution in [-0.4, -0.2) is 24.4 Å². The number of nitrogens with zero attached hydrogens (tertiary/aromatic N) is 1. The van der Waals surface area contributed by atoms with Gasteiger partial charge in [-0.2, -0.15) is 0 Å². The fourth-order valence-electron chi connectivity index (χ4n) is 3.47. The van der Waals surface area contributed by atoms with Gasteiger partial charge < -0.3 is 10.2 Å². The molecule has 0 radical (unpaired) electrons. The summed E-state index contributed by atoms with van der Waals surface area (Å²) in [6, 6.07) is 21.2. The van der Waals surface area contributed by atoms with Crippen molar-refractivity contribution in [3.05, 3.63) is 77.9 Å². The van der Waals surface area contributed by atoms with Crippen molar-refractivity contribution in [2.24, 2.45) is 0 Å². The summed E-state index contributed by atoms with van der Waals surface area (Å²) in [5.74, 6) is -0.0950. The van der Waals surface area contributed by atoms with Crippen LogP contribution in [0.1, 0.15) is 22.3 Å². The third kappa shape index (κ3) is 3.06. The molecular formula is C22H20N2O2. The fraction of sp³-hybridized carbons (Fsp3) is 0.182. The first-order chi connectivity index (χ1) is 12.6. The van der Waals surface area contributed by atoms with E-state index in [1.165, 1.54) is 0 Å². The molecule has 3 aromatic rings. The van der Waals surface area contributed by atoms with E-state index in [1.54, 1.807) is 4.90 Å². The van der Waals surface area contributed by atoms with Crippen molar-refractivity contribution in [3.63, 3.8) is 0 Å². The molecule has 4 rings (SSSR count). The number of benzene rings is 3. The zero-order valence-corrected chi connectivity index (χ0v) is 14.6. The summed E-state index contributed by atoms with van der Waals surface area (Å²) >= 11 is 0.